The minimum atomic E-state index is -1.15. The van der Waals surface area contributed by atoms with E-state index in [2.05, 4.69) is 32.5 Å². The Balaban J connectivity index is 1.43. The molecule has 0 spiro atoms. The average molecular weight is 523 g/mol. The summed E-state index contributed by atoms with van der Waals surface area (Å²) in [7, 11) is 0. The second-order valence-electron chi connectivity index (χ2n) is 9.09. The van der Waals surface area contributed by atoms with Crippen molar-refractivity contribution in [2.45, 2.75) is 67.7 Å². The average Bonchev–Trinajstić information content (AvgIpc) is 3.41. The van der Waals surface area contributed by atoms with Crippen LogP contribution in [0.3, 0.4) is 0 Å². The highest BCUT2D eigenvalue weighted by atomic mass is 32.2. The van der Waals surface area contributed by atoms with Gasteiger partial charge < -0.3 is 25.4 Å². The summed E-state index contributed by atoms with van der Waals surface area (Å²) in [5, 5.41) is 42.5. The molecule has 5 rings (SSSR count). The summed E-state index contributed by atoms with van der Waals surface area (Å²) in [5.74, 6) is -0.472. The van der Waals surface area contributed by atoms with Gasteiger partial charge in [-0.15, -0.1) is 5.10 Å². The van der Waals surface area contributed by atoms with Crippen LogP contribution in [0.5, 0.6) is 0 Å². The van der Waals surface area contributed by atoms with Crippen LogP contribution in [0.25, 0.3) is 11.2 Å². The summed E-state index contributed by atoms with van der Waals surface area (Å²) < 4.78 is 34.0. The number of aromatic nitrogens is 5. The minimum absolute atomic E-state index is 0.00291. The Morgan fingerprint density at radius 1 is 1.17 bits per heavy atom. The van der Waals surface area contributed by atoms with Crippen molar-refractivity contribution in [3.63, 3.8) is 0 Å². The number of hydrogen-bond acceptors (Lipinski definition) is 10. The van der Waals surface area contributed by atoms with Crippen LogP contribution in [0.1, 0.15) is 43.7 Å². The third-order valence-electron chi connectivity index (χ3n) is 6.56. The van der Waals surface area contributed by atoms with Gasteiger partial charge in [0.25, 0.3) is 0 Å². The molecule has 10 nitrogen and oxygen atoms in total. The maximum Gasteiger partial charge on any atom is 0.191 e. The fraction of sp³-hybridized carbons (Fsp3) is 0.565. The van der Waals surface area contributed by atoms with Crippen LogP contribution in [-0.4, -0.2) is 83.6 Å². The van der Waals surface area contributed by atoms with Gasteiger partial charge >= 0.3 is 0 Å². The standard InChI is InChI=1S/C23H28F2N6O4S/c1-2-7-36-23-27-21(26-15-9-12(15)11-3-4-13(24)14(25)8-11)18-22(28-23)31(30-29-18)16-10-17(35-6-5-32)20(34)19(16)33/h3-4,8,12,15-17,19-20,32-34H,2,5-7,9-10H2,1H3,(H,26,27,28)/t12-,15?,16+,17-,19?,20+/m0/s1. The van der Waals surface area contributed by atoms with Gasteiger partial charge in [0.05, 0.1) is 25.4 Å². The number of hydrogen-bond donors (Lipinski definition) is 4. The monoisotopic (exact) mass is 522 g/mol. The molecular weight excluding hydrogens is 494 g/mol. The lowest BCUT2D eigenvalue weighted by molar-refractivity contribution is -0.0629. The van der Waals surface area contributed by atoms with Crippen LogP contribution in [0.2, 0.25) is 0 Å². The van der Waals surface area contributed by atoms with Crippen LogP contribution in [0.4, 0.5) is 14.6 Å². The molecule has 2 aromatic heterocycles. The van der Waals surface area contributed by atoms with Gasteiger partial charge in [0.15, 0.2) is 33.8 Å². The first-order valence-electron chi connectivity index (χ1n) is 12.0. The Morgan fingerprint density at radius 3 is 2.75 bits per heavy atom. The highest BCUT2D eigenvalue weighted by Gasteiger charge is 2.45. The molecular formula is C23H28F2N6O4S. The Morgan fingerprint density at radius 2 is 2.00 bits per heavy atom. The van der Waals surface area contributed by atoms with Crippen molar-refractivity contribution in [2.75, 3.05) is 24.3 Å². The molecule has 6 atom stereocenters. The molecule has 4 N–H and O–H groups in total. The van der Waals surface area contributed by atoms with Crippen LogP contribution in [-0.2, 0) is 4.74 Å². The Bertz CT molecular complexity index is 1230. The zero-order valence-corrected chi connectivity index (χ0v) is 20.4. The number of rotatable bonds is 10. The SMILES string of the molecule is CCCSc1nc(NC2C[C@H]2c2ccc(F)c(F)c2)c2nnn([C@@H]3C[C@H](OCCO)[C@@H](O)C3O)c2n1. The summed E-state index contributed by atoms with van der Waals surface area (Å²) in [4.78, 5) is 9.27. The number of ether oxygens (including phenoxy) is 1. The molecule has 2 heterocycles. The van der Waals surface area contributed by atoms with Gasteiger partial charge in [-0.25, -0.2) is 23.4 Å². The van der Waals surface area contributed by atoms with Gasteiger partial charge in [-0.1, -0.05) is 30.0 Å². The normalized spacial score (nSPS) is 27.6. The quantitative estimate of drug-likeness (QED) is 0.231. The molecule has 0 bridgehead atoms. The van der Waals surface area contributed by atoms with E-state index in [-0.39, 0.29) is 31.6 Å². The molecule has 0 saturated heterocycles. The van der Waals surface area contributed by atoms with Crippen LogP contribution < -0.4 is 5.32 Å². The maximum absolute atomic E-state index is 13.7. The number of thioether (sulfide) groups is 1. The van der Waals surface area contributed by atoms with Gasteiger partial charge in [-0.05, 0) is 30.5 Å². The van der Waals surface area contributed by atoms with Gasteiger partial charge in [0.1, 0.15) is 12.2 Å². The van der Waals surface area contributed by atoms with Crippen molar-refractivity contribution in [3.05, 3.63) is 35.4 Å². The Labute approximate surface area is 210 Å². The Kier molecular flexibility index (Phi) is 7.35. The lowest BCUT2D eigenvalue weighted by Crippen LogP contribution is -2.33. The number of halogens is 2. The van der Waals surface area contributed by atoms with E-state index in [1.165, 1.54) is 22.5 Å². The maximum atomic E-state index is 13.7. The molecule has 1 aromatic carbocycles. The molecule has 0 amide bonds. The first-order chi connectivity index (χ1) is 17.4. The van der Waals surface area contributed by atoms with Crippen molar-refractivity contribution in [2.24, 2.45) is 0 Å². The highest BCUT2D eigenvalue weighted by Crippen LogP contribution is 2.44. The third kappa shape index (κ3) is 4.90. The fourth-order valence-corrected chi connectivity index (χ4v) is 5.31. The molecule has 0 aliphatic heterocycles. The third-order valence-corrected chi connectivity index (χ3v) is 7.61. The van der Waals surface area contributed by atoms with E-state index in [9.17, 15) is 19.0 Å². The summed E-state index contributed by atoms with van der Waals surface area (Å²) in [5.41, 5.74) is 1.53. The molecule has 13 heteroatoms. The second-order valence-corrected chi connectivity index (χ2v) is 10.2. The number of nitrogens with zero attached hydrogens (tertiary/aromatic N) is 5. The summed E-state index contributed by atoms with van der Waals surface area (Å²) >= 11 is 1.48. The van der Waals surface area contributed by atoms with Crippen molar-refractivity contribution >= 4 is 28.7 Å². The largest absolute Gasteiger partial charge is 0.394 e. The molecule has 2 aliphatic carbocycles. The van der Waals surface area contributed by atoms with Crippen molar-refractivity contribution in [1.82, 2.24) is 25.0 Å². The molecule has 2 unspecified atom stereocenters. The highest BCUT2D eigenvalue weighted by molar-refractivity contribution is 7.99. The van der Waals surface area contributed by atoms with Crippen LogP contribution in [0, 0.1) is 11.6 Å². The van der Waals surface area contributed by atoms with Gasteiger partial charge in [0, 0.05) is 24.1 Å². The minimum Gasteiger partial charge on any atom is -0.394 e. The molecule has 2 aliphatic rings. The lowest BCUT2D eigenvalue weighted by Gasteiger charge is -2.17. The van der Waals surface area contributed by atoms with Crippen molar-refractivity contribution < 1.29 is 28.8 Å². The number of benzene rings is 1. The second kappa shape index (κ2) is 10.5. The zero-order valence-electron chi connectivity index (χ0n) is 19.6. The van der Waals surface area contributed by atoms with Crippen LogP contribution in [0.15, 0.2) is 23.4 Å². The number of aliphatic hydroxyl groups is 3. The number of nitrogens with one attached hydrogen (secondary N) is 1. The predicted octanol–water partition coefficient (Wildman–Crippen LogP) is 2.01. The van der Waals surface area contributed by atoms with E-state index in [4.69, 9.17) is 9.84 Å². The summed E-state index contributed by atoms with van der Waals surface area (Å²) in [6.45, 7) is 1.91. The van der Waals surface area contributed by atoms with Crippen LogP contribution >= 0.6 is 11.8 Å². The van der Waals surface area contributed by atoms with E-state index >= 15 is 0 Å². The number of aliphatic hydroxyl groups excluding tert-OH is 3. The molecule has 3 aromatic rings. The topological polar surface area (TPSA) is 138 Å². The van der Waals surface area contributed by atoms with Gasteiger partial charge in [-0.2, -0.15) is 0 Å². The zero-order chi connectivity index (χ0) is 25.4. The molecule has 36 heavy (non-hydrogen) atoms. The number of anilines is 1. The molecule has 194 valence electrons. The first-order valence-corrected chi connectivity index (χ1v) is 13.0. The van der Waals surface area contributed by atoms with Gasteiger partial charge in [0.2, 0.25) is 0 Å². The summed E-state index contributed by atoms with van der Waals surface area (Å²) in [6.07, 6.45) is -1.04. The van der Waals surface area contributed by atoms with Crippen molar-refractivity contribution in [3.8, 4) is 0 Å². The number of fused-ring (bicyclic) bond motifs is 1. The fourth-order valence-electron chi connectivity index (χ4n) is 4.61. The summed E-state index contributed by atoms with van der Waals surface area (Å²) in [6, 6.07) is 3.26. The van der Waals surface area contributed by atoms with Gasteiger partial charge in [-0.3, -0.25) is 0 Å². The first kappa shape index (κ1) is 25.2. The lowest BCUT2D eigenvalue weighted by atomic mass is 10.1. The molecule has 2 fully saturated rings. The van der Waals surface area contributed by atoms with E-state index < -0.39 is 36.0 Å². The van der Waals surface area contributed by atoms with E-state index in [0.717, 1.165) is 24.7 Å². The van der Waals surface area contributed by atoms with E-state index in [1.807, 2.05) is 0 Å². The van der Waals surface area contributed by atoms with E-state index in [1.54, 1.807) is 6.07 Å². The van der Waals surface area contributed by atoms with Crippen molar-refractivity contribution in [1.29, 1.82) is 0 Å². The molecule has 0 radical (unpaired) electrons. The smallest absolute Gasteiger partial charge is 0.191 e. The van der Waals surface area contributed by atoms with E-state index in [0.29, 0.717) is 27.7 Å². The Hall–Kier alpha value is -2.45. The molecule has 2 saturated carbocycles. The predicted molar refractivity (Wildman–Crippen MR) is 128 cm³/mol.